The zero-order chi connectivity index (χ0) is 8.69. The number of carbonyl (C=O) groups excluding carboxylic acids is 1. The Morgan fingerprint density at radius 2 is 2.27 bits per heavy atom. The zero-order valence-electron chi connectivity index (χ0n) is 7.34. The van der Waals surface area contributed by atoms with Gasteiger partial charge in [-0.3, -0.25) is 4.79 Å². The molecule has 11 heavy (non-hydrogen) atoms. The largest absolute Gasteiger partial charge is 0.369 e. The van der Waals surface area contributed by atoms with Crippen LogP contribution in [0.1, 0.15) is 33.1 Å². The standard InChI is InChI=1S/C9H17NO/c1-3-5-6-7-8(4-2)9(10)11/h3,5,8H,4,6-7H2,1-2H3,(H2,10,11)/b5-3+. The summed E-state index contributed by atoms with van der Waals surface area (Å²) in [7, 11) is 0. The minimum Gasteiger partial charge on any atom is -0.369 e. The van der Waals surface area contributed by atoms with Crippen LogP contribution in [0.2, 0.25) is 0 Å². The summed E-state index contributed by atoms with van der Waals surface area (Å²) in [5.41, 5.74) is 5.17. The average Bonchev–Trinajstić information content (AvgIpc) is 1.97. The molecular weight excluding hydrogens is 138 g/mol. The molecule has 0 aromatic heterocycles. The van der Waals surface area contributed by atoms with Crippen molar-refractivity contribution in [3.05, 3.63) is 12.2 Å². The van der Waals surface area contributed by atoms with Crippen molar-refractivity contribution in [3.8, 4) is 0 Å². The van der Waals surface area contributed by atoms with Crippen molar-refractivity contribution < 1.29 is 4.79 Å². The number of primary amides is 1. The highest BCUT2D eigenvalue weighted by atomic mass is 16.1. The Bertz CT molecular complexity index is 140. The highest BCUT2D eigenvalue weighted by Gasteiger charge is 2.10. The van der Waals surface area contributed by atoms with E-state index in [1.54, 1.807) is 0 Å². The third kappa shape index (κ3) is 4.59. The summed E-state index contributed by atoms with van der Waals surface area (Å²) in [5.74, 6) is -0.108. The summed E-state index contributed by atoms with van der Waals surface area (Å²) in [6.07, 6.45) is 6.75. The molecule has 0 aliphatic heterocycles. The van der Waals surface area contributed by atoms with E-state index in [1.165, 1.54) is 0 Å². The lowest BCUT2D eigenvalue weighted by atomic mass is 10.00. The molecule has 0 fully saturated rings. The van der Waals surface area contributed by atoms with Gasteiger partial charge in [0.2, 0.25) is 5.91 Å². The van der Waals surface area contributed by atoms with Crippen molar-refractivity contribution in [2.45, 2.75) is 33.1 Å². The molecule has 2 heteroatoms. The lowest BCUT2D eigenvalue weighted by Crippen LogP contribution is -2.22. The molecule has 0 aromatic carbocycles. The molecule has 0 rings (SSSR count). The van der Waals surface area contributed by atoms with Gasteiger partial charge in [0, 0.05) is 5.92 Å². The highest BCUT2D eigenvalue weighted by Crippen LogP contribution is 2.10. The van der Waals surface area contributed by atoms with Gasteiger partial charge in [-0.1, -0.05) is 19.1 Å². The van der Waals surface area contributed by atoms with Crippen LogP contribution >= 0.6 is 0 Å². The fraction of sp³-hybridized carbons (Fsp3) is 0.667. The SMILES string of the molecule is C/C=C/CCC(CC)C(N)=O. The van der Waals surface area contributed by atoms with Gasteiger partial charge in [-0.2, -0.15) is 0 Å². The van der Waals surface area contributed by atoms with Crippen LogP contribution in [-0.4, -0.2) is 5.91 Å². The molecule has 1 atom stereocenters. The average molecular weight is 155 g/mol. The van der Waals surface area contributed by atoms with Crippen molar-refractivity contribution in [1.29, 1.82) is 0 Å². The lowest BCUT2D eigenvalue weighted by molar-refractivity contribution is -0.122. The maximum Gasteiger partial charge on any atom is 0.220 e. The van der Waals surface area contributed by atoms with Crippen molar-refractivity contribution in [2.24, 2.45) is 11.7 Å². The molecule has 0 saturated carbocycles. The third-order valence-corrected chi connectivity index (χ3v) is 1.81. The summed E-state index contributed by atoms with van der Waals surface area (Å²) in [6.45, 7) is 3.97. The van der Waals surface area contributed by atoms with E-state index in [0.717, 1.165) is 19.3 Å². The molecule has 2 N–H and O–H groups in total. The molecule has 0 aromatic rings. The first-order chi connectivity index (χ1) is 5.22. The molecule has 2 nitrogen and oxygen atoms in total. The quantitative estimate of drug-likeness (QED) is 0.605. The molecule has 64 valence electrons. The Morgan fingerprint density at radius 3 is 2.64 bits per heavy atom. The molecule has 1 unspecified atom stereocenters. The van der Waals surface area contributed by atoms with Crippen LogP contribution in [-0.2, 0) is 4.79 Å². The van der Waals surface area contributed by atoms with Gasteiger partial charge in [-0.05, 0) is 26.2 Å². The topological polar surface area (TPSA) is 43.1 Å². The van der Waals surface area contributed by atoms with Crippen LogP contribution in [0.25, 0.3) is 0 Å². The van der Waals surface area contributed by atoms with Gasteiger partial charge >= 0.3 is 0 Å². The van der Waals surface area contributed by atoms with Crippen LogP contribution in [0, 0.1) is 5.92 Å². The first-order valence-electron chi connectivity index (χ1n) is 4.12. The number of amides is 1. The maximum atomic E-state index is 10.7. The van der Waals surface area contributed by atoms with E-state index in [9.17, 15) is 4.79 Å². The summed E-state index contributed by atoms with van der Waals surface area (Å²) >= 11 is 0. The van der Waals surface area contributed by atoms with Crippen LogP contribution < -0.4 is 5.73 Å². The van der Waals surface area contributed by atoms with Gasteiger partial charge < -0.3 is 5.73 Å². The van der Waals surface area contributed by atoms with E-state index in [1.807, 2.05) is 19.9 Å². The van der Waals surface area contributed by atoms with E-state index in [-0.39, 0.29) is 11.8 Å². The maximum absolute atomic E-state index is 10.7. The van der Waals surface area contributed by atoms with Crippen molar-refractivity contribution in [3.63, 3.8) is 0 Å². The van der Waals surface area contributed by atoms with Gasteiger partial charge in [0.15, 0.2) is 0 Å². The molecular formula is C9H17NO. The van der Waals surface area contributed by atoms with E-state index in [4.69, 9.17) is 5.73 Å². The molecule has 0 bridgehead atoms. The fourth-order valence-corrected chi connectivity index (χ4v) is 1.01. The normalized spacial score (nSPS) is 13.6. The predicted molar refractivity (Wildman–Crippen MR) is 47.0 cm³/mol. The van der Waals surface area contributed by atoms with E-state index >= 15 is 0 Å². The molecule has 0 heterocycles. The van der Waals surface area contributed by atoms with Gasteiger partial charge in [0.05, 0.1) is 0 Å². The van der Waals surface area contributed by atoms with Crippen LogP contribution in [0.15, 0.2) is 12.2 Å². The van der Waals surface area contributed by atoms with Crippen molar-refractivity contribution >= 4 is 5.91 Å². The van der Waals surface area contributed by atoms with Crippen molar-refractivity contribution in [1.82, 2.24) is 0 Å². The second-order valence-electron chi connectivity index (χ2n) is 2.65. The molecule has 0 spiro atoms. The number of nitrogens with two attached hydrogens (primary N) is 1. The second-order valence-corrected chi connectivity index (χ2v) is 2.65. The lowest BCUT2D eigenvalue weighted by Gasteiger charge is -2.07. The molecule has 0 radical (unpaired) electrons. The number of carbonyl (C=O) groups is 1. The Balaban J connectivity index is 3.61. The predicted octanol–water partition coefficient (Wildman–Crippen LogP) is 1.85. The Labute approximate surface area is 68.5 Å². The monoisotopic (exact) mass is 155 g/mol. The summed E-state index contributed by atoms with van der Waals surface area (Å²) < 4.78 is 0. The Morgan fingerprint density at radius 1 is 1.64 bits per heavy atom. The van der Waals surface area contributed by atoms with Gasteiger partial charge in [0.1, 0.15) is 0 Å². The first-order valence-corrected chi connectivity index (χ1v) is 4.12. The van der Waals surface area contributed by atoms with Gasteiger partial charge in [0.25, 0.3) is 0 Å². The minimum absolute atomic E-state index is 0.0613. The summed E-state index contributed by atoms with van der Waals surface area (Å²) in [5, 5.41) is 0. The van der Waals surface area contributed by atoms with Crippen LogP contribution in [0.4, 0.5) is 0 Å². The van der Waals surface area contributed by atoms with Crippen molar-refractivity contribution in [2.75, 3.05) is 0 Å². The third-order valence-electron chi connectivity index (χ3n) is 1.81. The molecule has 0 aliphatic carbocycles. The fourth-order valence-electron chi connectivity index (χ4n) is 1.01. The Kier molecular flexibility index (Phi) is 5.53. The number of rotatable bonds is 5. The van der Waals surface area contributed by atoms with E-state index in [0.29, 0.717) is 0 Å². The van der Waals surface area contributed by atoms with Crippen LogP contribution in [0.5, 0.6) is 0 Å². The van der Waals surface area contributed by atoms with Crippen LogP contribution in [0.3, 0.4) is 0 Å². The molecule has 1 amide bonds. The summed E-state index contributed by atoms with van der Waals surface area (Å²) in [4.78, 5) is 10.7. The van der Waals surface area contributed by atoms with E-state index in [2.05, 4.69) is 6.08 Å². The highest BCUT2D eigenvalue weighted by molar-refractivity contribution is 5.76. The smallest absolute Gasteiger partial charge is 0.220 e. The van der Waals surface area contributed by atoms with Gasteiger partial charge in [-0.25, -0.2) is 0 Å². The Hall–Kier alpha value is -0.790. The van der Waals surface area contributed by atoms with E-state index < -0.39 is 0 Å². The first kappa shape index (κ1) is 10.2. The molecule has 0 saturated heterocycles. The zero-order valence-corrected chi connectivity index (χ0v) is 7.34. The molecule has 0 aliphatic rings. The second kappa shape index (κ2) is 5.96. The number of hydrogen-bond acceptors (Lipinski definition) is 1. The van der Waals surface area contributed by atoms with Gasteiger partial charge in [-0.15, -0.1) is 0 Å². The number of hydrogen-bond donors (Lipinski definition) is 1. The number of allylic oxidation sites excluding steroid dienone is 2. The minimum atomic E-state index is -0.169. The summed E-state index contributed by atoms with van der Waals surface area (Å²) in [6, 6.07) is 0.